The number of hydrogen-bond acceptors (Lipinski definition) is 2. The molecule has 1 unspecified atom stereocenters. The first-order valence-electron chi connectivity index (χ1n) is 8.93. The summed E-state index contributed by atoms with van der Waals surface area (Å²) in [5.41, 5.74) is 8.32. The average Bonchev–Trinajstić information content (AvgIpc) is 2.49. The quantitative estimate of drug-likeness (QED) is 0.501. The van der Waals surface area contributed by atoms with Crippen LogP contribution >= 0.6 is 0 Å². The van der Waals surface area contributed by atoms with Crippen molar-refractivity contribution in [2.45, 2.75) is 90.5 Å². The lowest BCUT2D eigenvalue weighted by Gasteiger charge is -2.11. The molecule has 1 aromatic rings. The second-order valence-corrected chi connectivity index (χ2v) is 6.28. The lowest BCUT2D eigenvalue weighted by molar-refractivity contribution is 0.525. The molecule has 0 aliphatic carbocycles. The van der Waals surface area contributed by atoms with Gasteiger partial charge in [0.2, 0.25) is 0 Å². The van der Waals surface area contributed by atoms with Crippen molar-refractivity contribution in [1.29, 1.82) is 0 Å². The van der Waals surface area contributed by atoms with Crippen molar-refractivity contribution in [3.8, 4) is 0 Å². The van der Waals surface area contributed by atoms with Crippen LogP contribution in [0.5, 0.6) is 0 Å². The van der Waals surface area contributed by atoms with Crippen molar-refractivity contribution >= 4 is 0 Å². The fourth-order valence-corrected chi connectivity index (χ4v) is 2.77. The minimum absolute atomic E-state index is 0.110. The van der Waals surface area contributed by atoms with Crippen LogP contribution in [0.4, 0.5) is 0 Å². The largest absolute Gasteiger partial charge is 0.323 e. The summed E-state index contributed by atoms with van der Waals surface area (Å²) in [6.45, 7) is 4.30. The first kappa shape index (κ1) is 18.2. The second-order valence-electron chi connectivity index (χ2n) is 6.28. The molecule has 0 spiro atoms. The van der Waals surface area contributed by atoms with Crippen molar-refractivity contribution in [1.82, 2.24) is 4.98 Å². The van der Waals surface area contributed by atoms with E-state index in [9.17, 15) is 0 Å². The molecule has 0 saturated carbocycles. The lowest BCUT2D eigenvalue weighted by Crippen LogP contribution is -2.12. The van der Waals surface area contributed by atoms with Gasteiger partial charge < -0.3 is 5.73 Å². The van der Waals surface area contributed by atoms with Crippen molar-refractivity contribution < 1.29 is 0 Å². The molecule has 0 amide bonds. The number of nitrogens with two attached hydrogens (primary N) is 1. The van der Waals surface area contributed by atoms with E-state index in [2.05, 4.69) is 18.0 Å². The van der Waals surface area contributed by atoms with Gasteiger partial charge in [0.15, 0.2) is 0 Å². The molecule has 2 heteroatoms. The van der Waals surface area contributed by atoms with Crippen molar-refractivity contribution in [2.75, 3.05) is 0 Å². The Morgan fingerprint density at radius 2 is 1.48 bits per heavy atom. The molecule has 0 aliphatic rings. The first-order chi connectivity index (χ1) is 10.2. The third-order valence-corrected chi connectivity index (χ3v) is 4.16. The standard InChI is InChI=1S/C19H34N2/c1-3-4-5-6-7-8-9-10-11-12-15-18(20)19-16-13-14-17(2)21-19/h13-14,16,18H,3-12,15,20H2,1-2H3. The van der Waals surface area contributed by atoms with Gasteiger partial charge >= 0.3 is 0 Å². The summed E-state index contributed by atoms with van der Waals surface area (Å²) >= 11 is 0. The molecule has 120 valence electrons. The first-order valence-corrected chi connectivity index (χ1v) is 8.93. The molecule has 0 fully saturated rings. The molecular weight excluding hydrogens is 256 g/mol. The summed E-state index contributed by atoms with van der Waals surface area (Å²) in [5, 5.41) is 0. The van der Waals surface area contributed by atoms with Gasteiger partial charge in [-0.3, -0.25) is 4.98 Å². The summed E-state index contributed by atoms with van der Waals surface area (Å²) in [6, 6.07) is 6.24. The number of rotatable bonds is 12. The molecule has 0 aliphatic heterocycles. The summed E-state index contributed by atoms with van der Waals surface area (Å²) < 4.78 is 0. The van der Waals surface area contributed by atoms with Crippen LogP contribution in [0.15, 0.2) is 18.2 Å². The molecule has 2 nitrogen and oxygen atoms in total. The zero-order valence-electron chi connectivity index (χ0n) is 14.1. The van der Waals surface area contributed by atoms with E-state index in [1.165, 1.54) is 64.2 Å². The molecule has 0 bridgehead atoms. The number of hydrogen-bond donors (Lipinski definition) is 1. The molecule has 0 saturated heterocycles. The Morgan fingerprint density at radius 3 is 2.05 bits per heavy atom. The maximum atomic E-state index is 6.21. The Kier molecular flexibility index (Phi) is 10.1. The summed E-state index contributed by atoms with van der Waals surface area (Å²) in [4.78, 5) is 4.51. The average molecular weight is 290 g/mol. The predicted molar refractivity (Wildman–Crippen MR) is 92.4 cm³/mol. The van der Waals surface area contributed by atoms with Crippen LogP contribution in [-0.2, 0) is 0 Å². The third kappa shape index (κ3) is 8.87. The third-order valence-electron chi connectivity index (χ3n) is 4.16. The van der Waals surface area contributed by atoms with Gasteiger partial charge in [-0.2, -0.15) is 0 Å². The van der Waals surface area contributed by atoms with Crippen molar-refractivity contribution in [2.24, 2.45) is 5.73 Å². The summed E-state index contributed by atoms with van der Waals surface area (Å²) in [5.74, 6) is 0. The number of aromatic nitrogens is 1. The minimum atomic E-state index is 0.110. The van der Waals surface area contributed by atoms with E-state index in [4.69, 9.17) is 5.73 Å². The van der Waals surface area contributed by atoms with Gasteiger partial charge in [0.1, 0.15) is 0 Å². The fraction of sp³-hybridized carbons (Fsp3) is 0.737. The van der Waals surface area contributed by atoms with Crippen LogP contribution in [-0.4, -0.2) is 4.98 Å². The predicted octanol–water partition coefficient (Wildman–Crippen LogP) is 5.70. The van der Waals surface area contributed by atoms with Gasteiger partial charge in [-0.25, -0.2) is 0 Å². The highest BCUT2D eigenvalue weighted by Gasteiger charge is 2.06. The molecule has 1 heterocycles. The zero-order chi connectivity index (χ0) is 15.3. The highest BCUT2D eigenvalue weighted by Crippen LogP contribution is 2.17. The van der Waals surface area contributed by atoms with Gasteiger partial charge in [0, 0.05) is 11.7 Å². The van der Waals surface area contributed by atoms with E-state index >= 15 is 0 Å². The lowest BCUT2D eigenvalue weighted by atomic mass is 10.0. The van der Waals surface area contributed by atoms with Crippen LogP contribution in [0.1, 0.15) is 95.0 Å². The number of unbranched alkanes of at least 4 members (excludes halogenated alkanes) is 9. The topological polar surface area (TPSA) is 38.9 Å². The van der Waals surface area contributed by atoms with E-state index in [0.717, 1.165) is 17.8 Å². The minimum Gasteiger partial charge on any atom is -0.323 e. The Labute approximate surface area is 131 Å². The Hall–Kier alpha value is -0.890. The van der Waals surface area contributed by atoms with Gasteiger partial charge in [-0.05, 0) is 25.5 Å². The molecule has 2 N–H and O–H groups in total. The van der Waals surface area contributed by atoms with Gasteiger partial charge in [-0.1, -0.05) is 77.2 Å². The number of pyridine rings is 1. The molecule has 21 heavy (non-hydrogen) atoms. The Morgan fingerprint density at radius 1 is 0.905 bits per heavy atom. The highest BCUT2D eigenvalue weighted by atomic mass is 14.8. The molecule has 0 radical (unpaired) electrons. The normalized spacial score (nSPS) is 12.5. The SMILES string of the molecule is CCCCCCCCCCCCC(N)c1cccc(C)n1. The molecule has 1 atom stereocenters. The maximum absolute atomic E-state index is 6.21. The van der Waals surface area contributed by atoms with E-state index in [1.807, 2.05) is 19.1 Å². The maximum Gasteiger partial charge on any atom is 0.0574 e. The van der Waals surface area contributed by atoms with Gasteiger partial charge in [0.05, 0.1) is 5.69 Å². The highest BCUT2D eigenvalue weighted by molar-refractivity contribution is 5.12. The zero-order valence-corrected chi connectivity index (χ0v) is 14.1. The monoisotopic (exact) mass is 290 g/mol. The van der Waals surface area contributed by atoms with Gasteiger partial charge in [0.25, 0.3) is 0 Å². The molecular formula is C19H34N2. The Balaban J connectivity index is 1.96. The van der Waals surface area contributed by atoms with Crippen LogP contribution in [0.3, 0.4) is 0 Å². The van der Waals surface area contributed by atoms with Crippen LogP contribution < -0.4 is 5.73 Å². The second kappa shape index (κ2) is 11.7. The number of nitrogens with zero attached hydrogens (tertiary/aromatic N) is 1. The Bertz CT molecular complexity index is 362. The smallest absolute Gasteiger partial charge is 0.0574 e. The van der Waals surface area contributed by atoms with E-state index in [1.54, 1.807) is 0 Å². The van der Waals surface area contributed by atoms with E-state index in [0.29, 0.717) is 0 Å². The van der Waals surface area contributed by atoms with E-state index < -0.39 is 0 Å². The van der Waals surface area contributed by atoms with Crippen LogP contribution in [0, 0.1) is 6.92 Å². The fourth-order valence-electron chi connectivity index (χ4n) is 2.77. The van der Waals surface area contributed by atoms with Crippen LogP contribution in [0.2, 0.25) is 0 Å². The molecule has 0 aromatic carbocycles. The number of aryl methyl sites for hydroxylation is 1. The molecule has 1 rings (SSSR count). The summed E-state index contributed by atoms with van der Waals surface area (Å²) in [6.07, 6.45) is 14.8. The van der Waals surface area contributed by atoms with E-state index in [-0.39, 0.29) is 6.04 Å². The van der Waals surface area contributed by atoms with Crippen LogP contribution in [0.25, 0.3) is 0 Å². The summed E-state index contributed by atoms with van der Waals surface area (Å²) in [7, 11) is 0. The van der Waals surface area contributed by atoms with Crippen molar-refractivity contribution in [3.05, 3.63) is 29.6 Å². The van der Waals surface area contributed by atoms with Gasteiger partial charge in [-0.15, -0.1) is 0 Å². The molecule has 1 aromatic heterocycles. The van der Waals surface area contributed by atoms with Crippen molar-refractivity contribution in [3.63, 3.8) is 0 Å².